The van der Waals surface area contributed by atoms with Gasteiger partial charge in [-0.15, -0.1) is 0 Å². The Labute approximate surface area is 80.6 Å². The minimum atomic E-state index is -1.03. The van der Waals surface area contributed by atoms with E-state index >= 15 is 0 Å². The Hall–Kier alpha value is -1.40. The van der Waals surface area contributed by atoms with E-state index in [9.17, 15) is 15.1 Å². The predicted octanol–water partition coefficient (Wildman–Crippen LogP) is -0.145. The Morgan fingerprint density at radius 1 is 1.57 bits per heavy atom. The van der Waals surface area contributed by atoms with Gasteiger partial charge in [-0.05, 0) is 17.4 Å². The smallest absolute Gasteiger partial charge is 0.423 e. The molecule has 1 N–H and O–H groups in total. The highest BCUT2D eigenvalue weighted by Crippen LogP contribution is 2.14. The number of nitro benzene ring substituents is 1. The van der Waals surface area contributed by atoms with Crippen LogP contribution in [0.1, 0.15) is 5.56 Å². The fraction of sp³-hybridized carbons (Fsp3) is 0.250. The van der Waals surface area contributed by atoms with E-state index < -0.39 is 12.0 Å². The Balaban J connectivity index is 2.45. The average molecular weight is 193 g/mol. The fourth-order valence-corrected chi connectivity index (χ4v) is 1.52. The molecule has 2 rings (SSSR count). The van der Waals surface area contributed by atoms with E-state index in [0.717, 1.165) is 5.56 Å². The molecule has 14 heavy (non-hydrogen) atoms. The van der Waals surface area contributed by atoms with Crippen LogP contribution in [0.15, 0.2) is 18.2 Å². The highest BCUT2D eigenvalue weighted by atomic mass is 16.6. The molecule has 0 radical (unpaired) electrons. The van der Waals surface area contributed by atoms with Gasteiger partial charge in [-0.1, -0.05) is 6.07 Å². The minimum absolute atomic E-state index is 0.0201. The molecule has 0 unspecified atom stereocenters. The standard InChI is InChI=1S/C8H8BNO4/c11-9-8-5-7(10(12)13)2-1-6(8)3-4-14-9/h1-2,5,11H,3-4H2. The van der Waals surface area contributed by atoms with Crippen LogP contribution in [0.5, 0.6) is 0 Å². The lowest BCUT2D eigenvalue weighted by atomic mass is 9.73. The van der Waals surface area contributed by atoms with Crippen LogP contribution in [0.4, 0.5) is 5.69 Å². The van der Waals surface area contributed by atoms with Crippen molar-refractivity contribution in [1.29, 1.82) is 0 Å². The molecule has 6 heteroatoms. The Morgan fingerprint density at radius 2 is 2.36 bits per heavy atom. The summed E-state index contributed by atoms with van der Waals surface area (Å²) in [6.45, 7) is 0.450. The van der Waals surface area contributed by atoms with Gasteiger partial charge in [0.1, 0.15) is 0 Å². The number of hydrogen-bond acceptors (Lipinski definition) is 4. The lowest BCUT2D eigenvalue weighted by molar-refractivity contribution is -0.384. The third-order valence-corrected chi connectivity index (χ3v) is 2.25. The molecule has 1 heterocycles. The van der Waals surface area contributed by atoms with Gasteiger partial charge in [0.25, 0.3) is 5.69 Å². The van der Waals surface area contributed by atoms with E-state index in [-0.39, 0.29) is 5.69 Å². The van der Waals surface area contributed by atoms with Crippen LogP contribution in [-0.2, 0) is 11.1 Å². The van der Waals surface area contributed by atoms with Gasteiger partial charge < -0.3 is 9.68 Å². The monoisotopic (exact) mass is 193 g/mol. The first-order valence-electron chi connectivity index (χ1n) is 4.25. The molecule has 0 bridgehead atoms. The Kier molecular flexibility index (Phi) is 2.22. The Morgan fingerprint density at radius 3 is 3.07 bits per heavy atom. The summed E-state index contributed by atoms with van der Waals surface area (Å²) in [7, 11) is -1.03. The van der Waals surface area contributed by atoms with Crippen LogP contribution in [0.25, 0.3) is 0 Å². The number of nitro groups is 1. The van der Waals surface area contributed by atoms with Gasteiger partial charge >= 0.3 is 7.12 Å². The molecule has 72 valence electrons. The molecule has 0 saturated carbocycles. The molecular weight excluding hydrogens is 185 g/mol. The molecule has 0 amide bonds. The topological polar surface area (TPSA) is 72.6 Å². The average Bonchev–Trinajstić information content (AvgIpc) is 2.18. The fourth-order valence-electron chi connectivity index (χ4n) is 1.52. The molecule has 1 aromatic rings. The molecule has 5 nitrogen and oxygen atoms in total. The molecule has 1 aromatic carbocycles. The summed E-state index contributed by atoms with van der Waals surface area (Å²) in [6, 6.07) is 4.47. The maximum atomic E-state index is 10.5. The lowest BCUT2D eigenvalue weighted by Crippen LogP contribution is -2.41. The van der Waals surface area contributed by atoms with Crippen molar-refractivity contribution in [2.45, 2.75) is 6.42 Å². The molecular formula is C8H8BNO4. The largest absolute Gasteiger partial charge is 0.491 e. The highest BCUT2D eigenvalue weighted by Gasteiger charge is 2.26. The highest BCUT2D eigenvalue weighted by molar-refractivity contribution is 6.60. The van der Waals surface area contributed by atoms with Gasteiger partial charge in [-0.3, -0.25) is 10.1 Å². The van der Waals surface area contributed by atoms with Crippen molar-refractivity contribution in [3.05, 3.63) is 33.9 Å². The van der Waals surface area contributed by atoms with Crippen LogP contribution in [-0.4, -0.2) is 23.7 Å². The van der Waals surface area contributed by atoms with E-state index in [1.54, 1.807) is 6.07 Å². The first kappa shape index (κ1) is 9.17. The van der Waals surface area contributed by atoms with E-state index in [1.807, 2.05) is 0 Å². The minimum Gasteiger partial charge on any atom is -0.423 e. The van der Waals surface area contributed by atoms with Crippen LogP contribution in [0.3, 0.4) is 0 Å². The van der Waals surface area contributed by atoms with Crippen LogP contribution in [0.2, 0.25) is 0 Å². The van der Waals surface area contributed by atoms with Crippen molar-refractivity contribution in [2.24, 2.45) is 0 Å². The summed E-state index contributed by atoms with van der Waals surface area (Å²) >= 11 is 0. The van der Waals surface area contributed by atoms with Crippen LogP contribution < -0.4 is 5.46 Å². The molecule has 0 aromatic heterocycles. The van der Waals surface area contributed by atoms with Crippen molar-refractivity contribution in [3.8, 4) is 0 Å². The zero-order chi connectivity index (χ0) is 10.1. The third-order valence-electron chi connectivity index (χ3n) is 2.25. The van der Waals surface area contributed by atoms with Gasteiger partial charge in [0.2, 0.25) is 0 Å². The summed E-state index contributed by atoms with van der Waals surface area (Å²) in [6.07, 6.45) is 0.685. The summed E-state index contributed by atoms with van der Waals surface area (Å²) in [5.74, 6) is 0. The summed E-state index contributed by atoms with van der Waals surface area (Å²) in [5.41, 5.74) is 1.40. The van der Waals surface area contributed by atoms with E-state index in [1.165, 1.54) is 12.1 Å². The Bertz CT molecular complexity index is 382. The van der Waals surface area contributed by atoms with E-state index in [2.05, 4.69) is 0 Å². The number of non-ortho nitro benzene ring substituents is 1. The van der Waals surface area contributed by atoms with Crippen molar-refractivity contribution in [1.82, 2.24) is 0 Å². The second-order valence-corrected chi connectivity index (χ2v) is 3.11. The first-order chi connectivity index (χ1) is 6.68. The van der Waals surface area contributed by atoms with E-state index in [4.69, 9.17) is 4.65 Å². The molecule has 1 aliphatic heterocycles. The zero-order valence-corrected chi connectivity index (χ0v) is 7.34. The molecule has 0 aliphatic carbocycles. The molecule has 1 aliphatic rings. The number of hydrogen-bond donors (Lipinski definition) is 1. The van der Waals surface area contributed by atoms with Gasteiger partial charge in [-0.2, -0.15) is 0 Å². The van der Waals surface area contributed by atoms with Crippen LogP contribution in [0, 0.1) is 10.1 Å². The molecule has 0 saturated heterocycles. The van der Waals surface area contributed by atoms with Gasteiger partial charge in [0, 0.05) is 18.7 Å². The maximum absolute atomic E-state index is 10.5. The summed E-state index contributed by atoms with van der Waals surface area (Å²) in [4.78, 5) is 9.99. The lowest BCUT2D eigenvalue weighted by Gasteiger charge is -2.17. The number of benzene rings is 1. The molecule has 0 spiro atoms. The van der Waals surface area contributed by atoms with Crippen molar-refractivity contribution >= 4 is 18.3 Å². The molecule has 0 fully saturated rings. The number of nitrogens with zero attached hydrogens (tertiary/aromatic N) is 1. The number of rotatable bonds is 1. The van der Waals surface area contributed by atoms with Gasteiger partial charge in [0.15, 0.2) is 0 Å². The SMILES string of the molecule is O=[N+]([O-])c1ccc2c(c1)B(O)OCC2. The second-order valence-electron chi connectivity index (χ2n) is 3.11. The van der Waals surface area contributed by atoms with Crippen LogP contribution >= 0.6 is 0 Å². The molecule has 0 atom stereocenters. The summed E-state index contributed by atoms with van der Waals surface area (Å²) < 4.78 is 4.97. The van der Waals surface area contributed by atoms with Gasteiger partial charge in [0.05, 0.1) is 4.92 Å². The summed E-state index contributed by atoms with van der Waals surface area (Å²) in [5, 5.41) is 19.9. The van der Waals surface area contributed by atoms with Crippen molar-refractivity contribution < 1.29 is 14.6 Å². The second kappa shape index (κ2) is 3.40. The van der Waals surface area contributed by atoms with Crippen molar-refractivity contribution in [3.63, 3.8) is 0 Å². The third kappa shape index (κ3) is 1.49. The zero-order valence-electron chi connectivity index (χ0n) is 7.34. The van der Waals surface area contributed by atoms with Crippen molar-refractivity contribution in [2.75, 3.05) is 6.61 Å². The van der Waals surface area contributed by atoms with Gasteiger partial charge in [-0.25, -0.2) is 0 Å². The number of fused-ring (bicyclic) bond motifs is 1. The normalized spacial score (nSPS) is 15.1. The first-order valence-corrected chi connectivity index (χ1v) is 4.25. The van der Waals surface area contributed by atoms with E-state index in [0.29, 0.717) is 18.5 Å². The quantitative estimate of drug-likeness (QED) is 0.382. The predicted molar refractivity (Wildman–Crippen MR) is 50.4 cm³/mol. The maximum Gasteiger partial charge on any atom is 0.491 e.